The Hall–Kier alpha value is -3.37. The number of carbonyl (C=O) groups is 1. The van der Waals surface area contributed by atoms with Gasteiger partial charge in [0.1, 0.15) is 11.8 Å². The molecule has 3 aromatic carbocycles. The molecular weight excluding hydrogens is 549 g/mol. The quantitative estimate of drug-likeness (QED) is 0.152. The number of rotatable bonds is 4. The number of hydrogen-bond donors (Lipinski definition) is 0. The Bertz CT molecular complexity index is 1610. The van der Waals surface area contributed by atoms with E-state index in [2.05, 4.69) is 32.7 Å². The minimum absolute atomic E-state index is 0.220. The Labute approximate surface area is 206 Å². The maximum absolute atomic E-state index is 13.5. The molecule has 8 heteroatoms. The van der Waals surface area contributed by atoms with E-state index in [-0.39, 0.29) is 16.9 Å². The van der Waals surface area contributed by atoms with Gasteiger partial charge in [-0.05, 0) is 71.5 Å². The zero-order valence-corrected chi connectivity index (χ0v) is 20.3. The molecule has 0 saturated heterocycles. The van der Waals surface area contributed by atoms with Gasteiger partial charge >= 0.3 is 0 Å². The first-order valence-electron chi connectivity index (χ1n) is 10.0. The van der Waals surface area contributed by atoms with Gasteiger partial charge in [0.2, 0.25) is 10.6 Å². The van der Waals surface area contributed by atoms with Gasteiger partial charge in [0, 0.05) is 3.57 Å². The lowest BCUT2D eigenvalue weighted by Crippen LogP contribution is -2.26. The van der Waals surface area contributed by atoms with Crippen LogP contribution in [0, 0.1) is 10.5 Å². The number of para-hydroxylation sites is 1. The smallest absolute Gasteiger partial charge is 0.281 e. The van der Waals surface area contributed by atoms with Crippen LogP contribution in [0.4, 0.5) is 5.13 Å². The van der Waals surface area contributed by atoms with Crippen LogP contribution in [-0.2, 0) is 0 Å². The normalized spacial score (nSPS) is 11.5. The molecule has 0 bridgehead atoms. The Morgan fingerprint density at radius 2 is 1.91 bits per heavy atom. The van der Waals surface area contributed by atoms with Gasteiger partial charge in [0.15, 0.2) is 0 Å². The van der Waals surface area contributed by atoms with E-state index in [9.17, 15) is 9.59 Å². The molecule has 6 nitrogen and oxygen atoms in total. The third-order valence-corrected chi connectivity index (χ3v) is 6.96. The summed E-state index contributed by atoms with van der Waals surface area (Å²) >= 11 is 3.49. The molecule has 2 aromatic heterocycles. The van der Waals surface area contributed by atoms with E-state index >= 15 is 0 Å². The summed E-state index contributed by atoms with van der Waals surface area (Å²) in [6.45, 7) is 2.01. The SMILES string of the molecule is Cc1ccc2nc(N(/N=C/c3coc4ccccc4c3=O)C(=O)c3ccccc3I)sc2c1. The lowest BCUT2D eigenvalue weighted by atomic mass is 10.2. The van der Waals surface area contributed by atoms with E-state index in [0.717, 1.165) is 19.4 Å². The van der Waals surface area contributed by atoms with Crippen LogP contribution in [0.5, 0.6) is 0 Å². The fraction of sp³-hybridized carbons (Fsp3) is 0.0400. The van der Waals surface area contributed by atoms with E-state index in [4.69, 9.17) is 4.42 Å². The number of amides is 1. The zero-order chi connectivity index (χ0) is 22.9. The first-order chi connectivity index (χ1) is 16.0. The van der Waals surface area contributed by atoms with Crippen molar-refractivity contribution in [1.82, 2.24) is 4.98 Å². The lowest BCUT2D eigenvalue weighted by Gasteiger charge is -2.14. The van der Waals surface area contributed by atoms with Gasteiger partial charge in [-0.3, -0.25) is 9.59 Å². The summed E-state index contributed by atoms with van der Waals surface area (Å²) in [6.07, 6.45) is 2.70. The molecule has 0 radical (unpaired) electrons. The fourth-order valence-corrected chi connectivity index (χ4v) is 4.99. The Morgan fingerprint density at radius 1 is 1.12 bits per heavy atom. The Morgan fingerprint density at radius 3 is 2.76 bits per heavy atom. The van der Waals surface area contributed by atoms with Crippen molar-refractivity contribution in [2.45, 2.75) is 6.92 Å². The summed E-state index contributed by atoms with van der Waals surface area (Å²) in [5, 5.41) is 6.52. The van der Waals surface area contributed by atoms with Gasteiger partial charge in [-0.15, -0.1) is 0 Å². The van der Waals surface area contributed by atoms with Crippen molar-refractivity contribution in [3.8, 4) is 0 Å². The average molecular weight is 565 g/mol. The van der Waals surface area contributed by atoms with Crippen molar-refractivity contribution in [2.75, 3.05) is 5.01 Å². The maximum atomic E-state index is 13.5. The number of hydrazone groups is 1. The predicted molar refractivity (Wildman–Crippen MR) is 140 cm³/mol. The van der Waals surface area contributed by atoms with Gasteiger partial charge in [0.05, 0.1) is 32.9 Å². The molecule has 0 unspecified atom stereocenters. The number of thiazole rings is 1. The molecule has 0 aliphatic rings. The minimum Gasteiger partial charge on any atom is -0.463 e. The molecule has 0 fully saturated rings. The molecule has 0 saturated carbocycles. The van der Waals surface area contributed by atoms with Crippen LogP contribution in [0.1, 0.15) is 21.5 Å². The summed E-state index contributed by atoms with van der Waals surface area (Å²) in [7, 11) is 0. The van der Waals surface area contributed by atoms with Crippen molar-refractivity contribution in [2.24, 2.45) is 5.10 Å². The van der Waals surface area contributed by atoms with Crippen molar-refractivity contribution >= 4 is 72.4 Å². The van der Waals surface area contributed by atoms with Crippen LogP contribution >= 0.6 is 33.9 Å². The number of benzene rings is 3. The summed E-state index contributed by atoms with van der Waals surface area (Å²) < 4.78 is 7.32. The summed E-state index contributed by atoms with van der Waals surface area (Å²) in [5.41, 5.74) is 2.89. The highest BCUT2D eigenvalue weighted by molar-refractivity contribution is 14.1. The van der Waals surface area contributed by atoms with Gasteiger partial charge in [0.25, 0.3) is 5.91 Å². The maximum Gasteiger partial charge on any atom is 0.281 e. The third kappa shape index (κ3) is 4.19. The molecule has 5 rings (SSSR count). The number of fused-ring (bicyclic) bond motifs is 2. The molecule has 1 amide bonds. The molecular formula is C25H16IN3O3S. The van der Waals surface area contributed by atoms with Gasteiger partial charge in [-0.25, -0.2) is 4.98 Å². The van der Waals surface area contributed by atoms with Crippen LogP contribution in [0.2, 0.25) is 0 Å². The molecule has 0 aliphatic heterocycles. The summed E-state index contributed by atoms with van der Waals surface area (Å²) in [4.78, 5) is 31.0. The molecule has 0 aliphatic carbocycles. The number of hydrogen-bond acceptors (Lipinski definition) is 6. The van der Waals surface area contributed by atoms with Gasteiger partial charge < -0.3 is 4.42 Å². The van der Waals surface area contributed by atoms with Crippen LogP contribution in [-0.4, -0.2) is 17.1 Å². The molecule has 5 aromatic rings. The first-order valence-corrected chi connectivity index (χ1v) is 11.9. The molecule has 162 valence electrons. The monoisotopic (exact) mass is 565 g/mol. The molecule has 0 spiro atoms. The van der Waals surface area contributed by atoms with Crippen LogP contribution in [0.3, 0.4) is 0 Å². The van der Waals surface area contributed by atoms with E-state index in [0.29, 0.717) is 21.7 Å². The number of nitrogens with zero attached hydrogens (tertiary/aromatic N) is 3. The van der Waals surface area contributed by atoms with Crippen LogP contribution in [0.15, 0.2) is 87.3 Å². The average Bonchev–Trinajstić information content (AvgIpc) is 3.23. The topological polar surface area (TPSA) is 75.8 Å². The van der Waals surface area contributed by atoms with Crippen molar-refractivity contribution in [3.63, 3.8) is 0 Å². The summed E-state index contributed by atoms with van der Waals surface area (Å²) in [6, 6.07) is 20.2. The molecule has 2 heterocycles. The van der Waals surface area contributed by atoms with Crippen molar-refractivity contribution in [1.29, 1.82) is 0 Å². The number of carbonyl (C=O) groups excluding carboxylic acids is 1. The van der Waals surface area contributed by atoms with Crippen LogP contribution < -0.4 is 10.4 Å². The van der Waals surface area contributed by atoms with Crippen molar-refractivity contribution < 1.29 is 9.21 Å². The second-order valence-electron chi connectivity index (χ2n) is 7.33. The largest absolute Gasteiger partial charge is 0.463 e. The highest BCUT2D eigenvalue weighted by atomic mass is 127. The van der Waals surface area contributed by atoms with E-state index in [1.54, 1.807) is 36.4 Å². The number of anilines is 1. The fourth-order valence-electron chi connectivity index (χ4n) is 3.35. The Balaban J connectivity index is 1.62. The molecule has 33 heavy (non-hydrogen) atoms. The van der Waals surface area contributed by atoms with E-state index < -0.39 is 0 Å². The second-order valence-corrected chi connectivity index (χ2v) is 9.50. The molecule has 0 N–H and O–H groups in total. The second kappa shape index (κ2) is 8.87. The van der Waals surface area contributed by atoms with Crippen LogP contribution in [0.25, 0.3) is 21.2 Å². The third-order valence-electron chi connectivity index (χ3n) is 5.03. The van der Waals surface area contributed by atoms with Gasteiger partial charge in [-0.1, -0.05) is 41.7 Å². The number of halogens is 1. The molecule has 0 atom stereocenters. The minimum atomic E-state index is -0.336. The predicted octanol–water partition coefficient (Wildman–Crippen LogP) is 6.00. The number of aryl methyl sites for hydroxylation is 1. The first kappa shape index (κ1) is 21.5. The van der Waals surface area contributed by atoms with E-state index in [1.165, 1.54) is 28.8 Å². The van der Waals surface area contributed by atoms with Crippen molar-refractivity contribution in [3.05, 3.63) is 103 Å². The highest BCUT2D eigenvalue weighted by Crippen LogP contribution is 2.31. The van der Waals surface area contributed by atoms with Gasteiger partial charge in [-0.2, -0.15) is 10.1 Å². The lowest BCUT2D eigenvalue weighted by molar-refractivity contribution is 0.0987. The Kier molecular flexibility index (Phi) is 5.77. The number of aromatic nitrogens is 1. The standard InChI is InChI=1S/C25H16IN3O3S/c1-15-10-11-20-22(12-15)33-25(28-20)29(24(31)17-6-2-4-8-19(17)26)27-13-16-14-32-21-9-5-3-7-18(21)23(16)30/h2-14H,1H3/b27-13+. The zero-order valence-electron chi connectivity index (χ0n) is 17.4. The summed E-state index contributed by atoms with van der Waals surface area (Å²) in [5.74, 6) is -0.336. The highest BCUT2D eigenvalue weighted by Gasteiger charge is 2.23. The van der Waals surface area contributed by atoms with E-state index in [1.807, 2.05) is 37.3 Å².